The summed E-state index contributed by atoms with van der Waals surface area (Å²) in [7, 11) is 2.11. The van der Waals surface area contributed by atoms with Crippen molar-refractivity contribution in [2.75, 3.05) is 0 Å². The van der Waals surface area contributed by atoms with Crippen LogP contribution in [0.4, 0.5) is 0 Å². The summed E-state index contributed by atoms with van der Waals surface area (Å²) in [6.45, 7) is 4.44. The fourth-order valence-electron chi connectivity index (χ4n) is 3.18. The van der Waals surface area contributed by atoms with Crippen molar-refractivity contribution in [1.29, 1.82) is 0 Å². The van der Waals surface area contributed by atoms with Gasteiger partial charge in [0.25, 0.3) is 0 Å². The molecular weight excluding hydrogens is 318 g/mol. The van der Waals surface area contributed by atoms with Crippen LogP contribution in [0.1, 0.15) is 38.4 Å². The smallest absolute Gasteiger partial charge is 0.112 e. The molecule has 0 radical (unpaired) electrons. The van der Waals surface area contributed by atoms with Gasteiger partial charge in [0.15, 0.2) is 0 Å². The zero-order valence-electron chi connectivity index (χ0n) is 14.3. The van der Waals surface area contributed by atoms with Crippen LogP contribution in [0.25, 0.3) is 22.5 Å². The number of rotatable bonds is 5. The lowest BCUT2D eigenvalue weighted by atomic mass is 10.0. The van der Waals surface area contributed by atoms with Gasteiger partial charge in [0, 0.05) is 41.5 Å². The van der Waals surface area contributed by atoms with Gasteiger partial charge in [-0.1, -0.05) is 37.6 Å². The minimum absolute atomic E-state index is 0.455. The molecule has 3 rings (SSSR count). The largest absolute Gasteiger partial charge is 0.330 e. The first kappa shape index (κ1) is 16.7. The number of hydrogen-bond donors (Lipinski definition) is 0. The third-order valence-electron chi connectivity index (χ3n) is 4.55. The Labute approximate surface area is 148 Å². The lowest BCUT2D eigenvalue weighted by Crippen LogP contribution is -2.05. The van der Waals surface area contributed by atoms with Gasteiger partial charge in [-0.2, -0.15) is 0 Å². The quantitative estimate of drug-likeness (QED) is 0.596. The Morgan fingerprint density at radius 2 is 1.58 bits per heavy atom. The van der Waals surface area contributed by atoms with E-state index in [1.807, 2.05) is 36.7 Å². The van der Waals surface area contributed by atoms with E-state index in [4.69, 9.17) is 16.6 Å². The van der Waals surface area contributed by atoms with Crippen molar-refractivity contribution in [2.24, 2.45) is 7.05 Å². The summed E-state index contributed by atoms with van der Waals surface area (Å²) in [4.78, 5) is 9.15. The van der Waals surface area contributed by atoms with Crippen LogP contribution in [0.5, 0.6) is 0 Å². The second-order valence-electron chi connectivity index (χ2n) is 5.98. The predicted molar refractivity (Wildman–Crippen MR) is 100 cm³/mol. The van der Waals surface area contributed by atoms with E-state index >= 15 is 0 Å². The van der Waals surface area contributed by atoms with Crippen LogP contribution < -0.4 is 0 Å². The minimum atomic E-state index is 0.455. The highest BCUT2D eigenvalue weighted by molar-refractivity contribution is 6.30. The maximum Gasteiger partial charge on any atom is 0.112 e. The molecule has 0 bridgehead atoms. The molecule has 0 saturated carbocycles. The molecule has 3 aromatic rings. The molecule has 0 aliphatic heterocycles. The van der Waals surface area contributed by atoms with Gasteiger partial charge in [0.1, 0.15) is 5.82 Å². The number of imidazole rings is 1. The Morgan fingerprint density at radius 1 is 0.958 bits per heavy atom. The maximum atomic E-state index is 6.07. The number of aromatic nitrogens is 3. The predicted octanol–water partition coefficient (Wildman–Crippen LogP) is 5.71. The normalized spacial score (nSPS) is 11.2. The van der Waals surface area contributed by atoms with E-state index < -0.39 is 0 Å². The summed E-state index contributed by atoms with van der Waals surface area (Å²) in [6.07, 6.45) is 5.79. The van der Waals surface area contributed by atoms with E-state index in [1.54, 1.807) is 0 Å². The van der Waals surface area contributed by atoms with Crippen LogP contribution in [0.2, 0.25) is 5.02 Å². The number of halogens is 1. The van der Waals surface area contributed by atoms with Gasteiger partial charge in [-0.15, -0.1) is 0 Å². The molecule has 0 aliphatic carbocycles. The van der Waals surface area contributed by atoms with Crippen molar-refractivity contribution < 1.29 is 0 Å². The Morgan fingerprint density at radius 3 is 2.17 bits per heavy atom. The van der Waals surface area contributed by atoms with Crippen molar-refractivity contribution in [1.82, 2.24) is 14.5 Å². The molecule has 0 N–H and O–H groups in total. The molecule has 0 aliphatic rings. The van der Waals surface area contributed by atoms with Crippen LogP contribution in [0.3, 0.4) is 0 Å². The van der Waals surface area contributed by atoms with E-state index in [2.05, 4.69) is 42.6 Å². The third kappa shape index (κ3) is 3.09. The zero-order chi connectivity index (χ0) is 17.1. The number of pyridine rings is 1. The fraction of sp³-hybridized carbons (Fsp3) is 0.300. The highest BCUT2D eigenvalue weighted by Crippen LogP contribution is 2.35. The van der Waals surface area contributed by atoms with Crippen molar-refractivity contribution in [3.63, 3.8) is 0 Å². The average Bonchev–Trinajstić information content (AvgIpc) is 2.95. The van der Waals surface area contributed by atoms with Crippen LogP contribution in [0, 0.1) is 0 Å². The third-order valence-corrected chi connectivity index (χ3v) is 4.80. The van der Waals surface area contributed by atoms with E-state index in [9.17, 15) is 0 Å². The lowest BCUT2D eigenvalue weighted by molar-refractivity contribution is 0.579. The molecule has 0 fully saturated rings. The van der Waals surface area contributed by atoms with Crippen LogP contribution in [-0.2, 0) is 7.05 Å². The van der Waals surface area contributed by atoms with Gasteiger partial charge in [-0.05, 0) is 37.1 Å². The molecule has 0 unspecified atom stereocenters. The molecule has 0 saturated heterocycles. The Balaban J connectivity index is 2.23. The van der Waals surface area contributed by atoms with Crippen molar-refractivity contribution >= 4 is 11.6 Å². The summed E-state index contributed by atoms with van der Waals surface area (Å²) in [5, 5.41) is 0.742. The molecule has 0 amide bonds. The van der Waals surface area contributed by atoms with Gasteiger partial charge >= 0.3 is 0 Å². The molecule has 2 aromatic heterocycles. The van der Waals surface area contributed by atoms with Gasteiger partial charge in [-0.25, -0.2) is 4.98 Å². The highest BCUT2D eigenvalue weighted by atomic mass is 35.5. The van der Waals surface area contributed by atoms with Crippen LogP contribution in [0.15, 0.2) is 48.8 Å². The van der Waals surface area contributed by atoms with Gasteiger partial charge in [0.05, 0.1) is 11.4 Å². The van der Waals surface area contributed by atoms with Crippen molar-refractivity contribution in [2.45, 2.75) is 32.6 Å². The maximum absolute atomic E-state index is 6.07. The Bertz CT molecular complexity index is 803. The van der Waals surface area contributed by atoms with E-state index in [0.717, 1.165) is 46.2 Å². The molecular formula is C20H22ClN3. The molecule has 0 atom stereocenters. The van der Waals surface area contributed by atoms with E-state index in [0.29, 0.717) is 5.92 Å². The molecule has 0 spiro atoms. The summed E-state index contributed by atoms with van der Waals surface area (Å²) in [5.74, 6) is 1.59. The van der Waals surface area contributed by atoms with Gasteiger partial charge in [0.2, 0.25) is 0 Å². The first-order chi connectivity index (χ1) is 11.7. The topological polar surface area (TPSA) is 30.7 Å². The molecule has 124 valence electrons. The van der Waals surface area contributed by atoms with Gasteiger partial charge < -0.3 is 4.57 Å². The SMILES string of the molecule is CCC(CC)c1nc(-c2ccncc2)c(-c2ccc(Cl)cc2)n1C. The summed E-state index contributed by atoms with van der Waals surface area (Å²) in [6, 6.07) is 12.0. The molecule has 1 aromatic carbocycles. The zero-order valence-corrected chi connectivity index (χ0v) is 15.1. The standard InChI is InChI=1S/C20H22ClN3/c1-4-14(5-2)20-23-18(15-10-12-22-13-11-15)19(24(20)3)16-6-8-17(21)9-7-16/h6-14H,4-5H2,1-3H3. The van der Waals surface area contributed by atoms with Crippen LogP contribution >= 0.6 is 11.6 Å². The van der Waals surface area contributed by atoms with Crippen LogP contribution in [-0.4, -0.2) is 14.5 Å². The Hall–Kier alpha value is -2.13. The second-order valence-corrected chi connectivity index (χ2v) is 6.42. The first-order valence-corrected chi connectivity index (χ1v) is 8.76. The van der Waals surface area contributed by atoms with Crippen molar-refractivity contribution in [3.8, 4) is 22.5 Å². The molecule has 24 heavy (non-hydrogen) atoms. The average molecular weight is 340 g/mol. The lowest BCUT2D eigenvalue weighted by Gasteiger charge is -2.13. The Kier molecular flexibility index (Phi) is 5.00. The number of benzene rings is 1. The van der Waals surface area contributed by atoms with E-state index in [1.165, 1.54) is 0 Å². The highest BCUT2D eigenvalue weighted by Gasteiger charge is 2.21. The molecule has 2 heterocycles. The number of nitrogens with zero attached hydrogens (tertiary/aromatic N) is 3. The van der Waals surface area contributed by atoms with Crippen molar-refractivity contribution in [3.05, 3.63) is 59.6 Å². The molecule has 4 heteroatoms. The minimum Gasteiger partial charge on any atom is -0.330 e. The summed E-state index contributed by atoms with van der Waals surface area (Å²) < 4.78 is 2.23. The number of hydrogen-bond acceptors (Lipinski definition) is 2. The second kappa shape index (κ2) is 7.18. The first-order valence-electron chi connectivity index (χ1n) is 8.38. The fourth-order valence-corrected chi connectivity index (χ4v) is 3.31. The summed E-state index contributed by atoms with van der Waals surface area (Å²) >= 11 is 6.07. The molecule has 3 nitrogen and oxygen atoms in total. The van der Waals surface area contributed by atoms with E-state index in [-0.39, 0.29) is 0 Å². The monoisotopic (exact) mass is 339 g/mol. The summed E-state index contributed by atoms with van der Waals surface area (Å²) in [5.41, 5.74) is 4.34. The van der Waals surface area contributed by atoms with Gasteiger partial charge in [-0.3, -0.25) is 4.98 Å².